The molecule has 0 bridgehead atoms. The molecule has 0 fully saturated rings. The van der Waals surface area contributed by atoms with Crippen LogP contribution in [0.4, 0.5) is 5.69 Å². The molecule has 0 amide bonds. The second kappa shape index (κ2) is 10.2. The Hall–Kier alpha value is -4.52. The summed E-state index contributed by atoms with van der Waals surface area (Å²) < 4.78 is 19.3. The molecular formula is C28H24N4O5. The first kappa shape index (κ1) is 24.2. The summed E-state index contributed by atoms with van der Waals surface area (Å²) in [5, 5.41) is 21.3. The lowest BCUT2D eigenvalue weighted by Crippen LogP contribution is -2.15. The number of hydrogen-bond acceptors (Lipinski definition) is 7. The molecule has 0 N–H and O–H groups in total. The first-order valence-electron chi connectivity index (χ1n) is 11.6. The SMILES string of the molecule is Cc1ccccc1-c1cc(C(OCc2cc([N+](=O)[O-])cc3c2OCOC3)c2cncn2C)ccc1C#N. The van der Waals surface area contributed by atoms with Crippen molar-refractivity contribution in [3.63, 3.8) is 0 Å². The number of aryl methyl sites for hydroxylation is 2. The lowest BCUT2D eigenvalue weighted by molar-refractivity contribution is -0.385. The minimum absolute atomic E-state index is 0.0521. The van der Waals surface area contributed by atoms with Crippen molar-refractivity contribution in [2.45, 2.75) is 26.2 Å². The minimum atomic E-state index is -0.558. The molecule has 0 saturated carbocycles. The minimum Gasteiger partial charge on any atom is -0.467 e. The fourth-order valence-electron chi connectivity index (χ4n) is 4.56. The molecule has 3 aromatic carbocycles. The van der Waals surface area contributed by atoms with Gasteiger partial charge in [0.1, 0.15) is 11.9 Å². The fraction of sp³-hybridized carbons (Fsp3) is 0.214. The molecule has 37 heavy (non-hydrogen) atoms. The molecule has 0 spiro atoms. The van der Waals surface area contributed by atoms with E-state index in [-0.39, 0.29) is 25.7 Å². The van der Waals surface area contributed by atoms with E-state index < -0.39 is 11.0 Å². The van der Waals surface area contributed by atoms with Gasteiger partial charge in [-0.2, -0.15) is 5.26 Å². The molecule has 186 valence electrons. The molecule has 5 rings (SSSR count). The zero-order valence-electron chi connectivity index (χ0n) is 20.4. The van der Waals surface area contributed by atoms with Crippen LogP contribution in [0.5, 0.6) is 5.75 Å². The summed E-state index contributed by atoms with van der Waals surface area (Å²) >= 11 is 0. The topological polar surface area (TPSA) is 112 Å². The smallest absolute Gasteiger partial charge is 0.270 e. The third-order valence-electron chi connectivity index (χ3n) is 6.41. The lowest BCUT2D eigenvalue weighted by Gasteiger charge is -2.23. The number of nitrogens with zero attached hydrogens (tertiary/aromatic N) is 4. The molecule has 1 aliphatic heterocycles. The van der Waals surface area contributed by atoms with E-state index in [0.29, 0.717) is 22.4 Å². The molecule has 9 nitrogen and oxygen atoms in total. The normalized spacial score (nSPS) is 13.3. The summed E-state index contributed by atoms with van der Waals surface area (Å²) in [5.74, 6) is 0.543. The summed E-state index contributed by atoms with van der Waals surface area (Å²) in [5.41, 5.74) is 6.12. The largest absolute Gasteiger partial charge is 0.467 e. The molecule has 0 aliphatic carbocycles. The van der Waals surface area contributed by atoms with Crippen LogP contribution in [0, 0.1) is 28.4 Å². The Labute approximate surface area is 213 Å². The quantitative estimate of drug-likeness (QED) is 0.250. The first-order chi connectivity index (χ1) is 18.0. The summed E-state index contributed by atoms with van der Waals surface area (Å²) in [6.07, 6.45) is 2.86. The fourth-order valence-corrected chi connectivity index (χ4v) is 4.56. The maximum atomic E-state index is 11.5. The van der Waals surface area contributed by atoms with Crippen LogP contribution in [0.1, 0.15) is 39.6 Å². The van der Waals surface area contributed by atoms with E-state index >= 15 is 0 Å². The van der Waals surface area contributed by atoms with Crippen molar-refractivity contribution in [2.24, 2.45) is 7.05 Å². The van der Waals surface area contributed by atoms with Crippen LogP contribution >= 0.6 is 0 Å². The lowest BCUT2D eigenvalue weighted by atomic mass is 9.93. The first-order valence-corrected chi connectivity index (χ1v) is 11.6. The maximum absolute atomic E-state index is 11.5. The second-order valence-electron chi connectivity index (χ2n) is 8.81. The highest BCUT2D eigenvalue weighted by atomic mass is 16.7. The van der Waals surface area contributed by atoms with Crippen molar-refractivity contribution in [2.75, 3.05) is 6.79 Å². The van der Waals surface area contributed by atoms with E-state index in [9.17, 15) is 15.4 Å². The predicted octanol–water partition coefficient (Wildman–Crippen LogP) is 5.35. The van der Waals surface area contributed by atoms with Gasteiger partial charge in [-0.25, -0.2) is 4.98 Å². The van der Waals surface area contributed by atoms with Gasteiger partial charge in [0.15, 0.2) is 6.79 Å². The Morgan fingerprint density at radius 2 is 2.05 bits per heavy atom. The average Bonchev–Trinajstić information content (AvgIpc) is 3.34. The summed E-state index contributed by atoms with van der Waals surface area (Å²) in [4.78, 5) is 15.4. The second-order valence-corrected chi connectivity index (χ2v) is 8.81. The van der Waals surface area contributed by atoms with Crippen molar-refractivity contribution < 1.29 is 19.1 Å². The highest BCUT2D eigenvalue weighted by Crippen LogP contribution is 2.37. The van der Waals surface area contributed by atoms with E-state index in [2.05, 4.69) is 11.1 Å². The number of benzene rings is 3. The zero-order chi connectivity index (χ0) is 25.9. The van der Waals surface area contributed by atoms with Crippen LogP contribution in [0.3, 0.4) is 0 Å². The number of nitriles is 1. The Balaban J connectivity index is 1.56. The Morgan fingerprint density at radius 1 is 1.22 bits per heavy atom. The van der Waals surface area contributed by atoms with Crippen LogP contribution in [-0.4, -0.2) is 21.3 Å². The molecule has 4 aromatic rings. The van der Waals surface area contributed by atoms with Gasteiger partial charge in [-0.1, -0.05) is 30.3 Å². The van der Waals surface area contributed by atoms with Crippen LogP contribution in [0.25, 0.3) is 11.1 Å². The Morgan fingerprint density at radius 3 is 2.78 bits per heavy atom. The monoisotopic (exact) mass is 496 g/mol. The molecule has 0 radical (unpaired) electrons. The average molecular weight is 497 g/mol. The number of fused-ring (bicyclic) bond motifs is 1. The van der Waals surface area contributed by atoms with E-state index in [1.807, 2.05) is 54.9 Å². The highest BCUT2D eigenvalue weighted by Gasteiger charge is 2.25. The standard InChI is InChI=1S/C28H24N4O5/c1-18-5-3-4-6-24(18)25-11-19(7-8-20(25)12-29)28(26-13-30-16-31(26)2)36-15-22-10-23(32(33)34)9-21-14-35-17-37-27(21)22/h3-11,13,16,28H,14-15,17H2,1-2H3. The summed E-state index contributed by atoms with van der Waals surface area (Å²) in [7, 11) is 1.88. The van der Waals surface area contributed by atoms with Gasteiger partial charge in [0.05, 0.1) is 48.0 Å². The van der Waals surface area contributed by atoms with Gasteiger partial charge in [-0.3, -0.25) is 10.1 Å². The molecule has 1 aliphatic rings. The van der Waals surface area contributed by atoms with Crippen molar-refractivity contribution in [1.29, 1.82) is 5.26 Å². The van der Waals surface area contributed by atoms with E-state index in [1.54, 1.807) is 18.6 Å². The number of non-ortho nitro benzene ring substituents is 1. The van der Waals surface area contributed by atoms with Gasteiger partial charge in [0.2, 0.25) is 0 Å². The van der Waals surface area contributed by atoms with Crippen LogP contribution in [0.2, 0.25) is 0 Å². The molecule has 9 heteroatoms. The molecule has 1 aromatic heterocycles. The predicted molar refractivity (Wildman–Crippen MR) is 135 cm³/mol. The van der Waals surface area contributed by atoms with Crippen LogP contribution in [-0.2, 0) is 29.7 Å². The number of hydrogen-bond donors (Lipinski definition) is 0. The molecule has 2 heterocycles. The molecular weight excluding hydrogens is 472 g/mol. The number of aromatic nitrogens is 2. The summed E-state index contributed by atoms with van der Waals surface area (Å²) in [6.45, 7) is 2.36. The molecule has 1 unspecified atom stereocenters. The maximum Gasteiger partial charge on any atom is 0.270 e. The third-order valence-corrected chi connectivity index (χ3v) is 6.41. The van der Waals surface area contributed by atoms with E-state index in [0.717, 1.165) is 27.9 Å². The van der Waals surface area contributed by atoms with Crippen molar-refractivity contribution >= 4 is 5.69 Å². The van der Waals surface area contributed by atoms with Crippen molar-refractivity contribution in [1.82, 2.24) is 9.55 Å². The Bertz CT molecular complexity index is 1520. The van der Waals surface area contributed by atoms with Crippen molar-refractivity contribution in [3.8, 4) is 22.9 Å². The zero-order valence-corrected chi connectivity index (χ0v) is 20.4. The van der Waals surface area contributed by atoms with Gasteiger partial charge in [0.25, 0.3) is 5.69 Å². The summed E-state index contributed by atoms with van der Waals surface area (Å²) in [6, 6.07) is 18.8. The molecule has 1 atom stereocenters. The molecule has 0 saturated heterocycles. The number of nitro groups is 1. The van der Waals surface area contributed by atoms with Gasteiger partial charge >= 0.3 is 0 Å². The van der Waals surface area contributed by atoms with Gasteiger partial charge in [-0.15, -0.1) is 0 Å². The van der Waals surface area contributed by atoms with E-state index in [1.165, 1.54) is 12.1 Å². The van der Waals surface area contributed by atoms with Gasteiger partial charge in [-0.05, 0) is 35.7 Å². The number of ether oxygens (including phenoxy) is 3. The van der Waals surface area contributed by atoms with Gasteiger partial charge in [0, 0.05) is 35.9 Å². The number of nitro benzene ring substituents is 1. The van der Waals surface area contributed by atoms with Crippen LogP contribution < -0.4 is 4.74 Å². The van der Waals surface area contributed by atoms with E-state index in [4.69, 9.17) is 14.2 Å². The third kappa shape index (κ3) is 4.80. The van der Waals surface area contributed by atoms with Crippen LogP contribution in [0.15, 0.2) is 67.1 Å². The number of imidazole rings is 1. The number of rotatable bonds is 7. The Kier molecular flexibility index (Phi) is 6.68. The highest BCUT2D eigenvalue weighted by molar-refractivity contribution is 5.74. The van der Waals surface area contributed by atoms with Gasteiger partial charge < -0.3 is 18.8 Å². The van der Waals surface area contributed by atoms with Crippen molar-refractivity contribution in [3.05, 3.63) is 111 Å².